The number of methoxy groups -OCH3 is 2. The van der Waals surface area contributed by atoms with Crippen LogP contribution in [0.1, 0.15) is 11.3 Å². The van der Waals surface area contributed by atoms with Gasteiger partial charge in [0.25, 0.3) is 10.0 Å². The first-order valence-electron chi connectivity index (χ1n) is 10.1. The molecule has 0 aliphatic carbocycles. The van der Waals surface area contributed by atoms with Gasteiger partial charge in [-0.15, -0.1) is 0 Å². The minimum Gasteiger partial charge on any atom is -0.496 e. The Bertz CT molecular complexity index is 1410. The molecule has 2 aromatic heterocycles. The van der Waals surface area contributed by atoms with E-state index in [1.807, 2.05) is 12.3 Å². The quantitative estimate of drug-likeness (QED) is 0.234. The molecule has 34 heavy (non-hydrogen) atoms. The van der Waals surface area contributed by atoms with Gasteiger partial charge in [0.15, 0.2) is 11.4 Å². The van der Waals surface area contributed by atoms with E-state index >= 15 is 0 Å². The number of benzene rings is 2. The molecular weight excluding hydrogens is 478 g/mol. The van der Waals surface area contributed by atoms with Crippen LogP contribution in [-0.4, -0.2) is 37.6 Å². The minimum absolute atomic E-state index is 0.0142. The van der Waals surface area contributed by atoms with Crippen molar-refractivity contribution in [3.05, 3.63) is 71.9 Å². The molecule has 0 saturated heterocycles. The standard InChI is InChI=1S/C22H23N5O5S2/c1-4-33-23-13-16-9-10-27(24-16)14-15-11-18(31-3)21-19(12-15)32-25-22(21)26-34(28,29)20-8-6-5-7-17(20)30-2/h4-12,23H,1,13-14H2,2-3H3,(H,25,26). The Morgan fingerprint density at radius 2 is 1.97 bits per heavy atom. The molecule has 4 rings (SSSR count). The molecule has 12 heteroatoms. The van der Waals surface area contributed by atoms with Gasteiger partial charge < -0.3 is 14.0 Å². The van der Waals surface area contributed by atoms with Gasteiger partial charge in [0.1, 0.15) is 21.8 Å². The third-order valence-electron chi connectivity index (χ3n) is 4.87. The number of sulfonamides is 1. The summed E-state index contributed by atoms with van der Waals surface area (Å²) in [6.45, 7) is 4.71. The molecule has 178 valence electrons. The van der Waals surface area contributed by atoms with Crippen molar-refractivity contribution in [2.45, 2.75) is 18.0 Å². The molecular formula is C22H23N5O5S2. The Morgan fingerprint density at radius 3 is 2.74 bits per heavy atom. The molecule has 10 nitrogen and oxygen atoms in total. The molecule has 0 aliphatic rings. The summed E-state index contributed by atoms with van der Waals surface area (Å²) in [5.74, 6) is 0.660. The first-order chi connectivity index (χ1) is 16.4. The van der Waals surface area contributed by atoms with Crippen LogP contribution in [0, 0.1) is 0 Å². The monoisotopic (exact) mass is 501 g/mol. The molecule has 0 fully saturated rings. The highest BCUT2D eigenvalue weighted by Crippen LogP contribution is 2.35. The molecule has 0 unspecified atom stereocenters. The van der Waals surface area contributed by atoms with Gasteiger partial charge in [-0.3, -0.25) is 14.1 Å². The molecule has 0 saturated carbocycles. The summed E-state index contributed by atoms with van der Waals surface area (Å²) in [4.78, 5) is -0.0142. The Labute approximate surface area is 201 Å². The van der Waals surface area contributed by atoms with Gasteiger partial charge in [-0.05, 0) is 41.3 Å². The number of anilines is 1. The smallest absolute Gasteiger partial charge is 0.266 e. The topological polar surface area (TPSA) is 121 Å². The predicted molar refractivity (Wildman–Crippen MR) is 130 cm³/mol. The second-order valence-electron chi connectivity index (χ2n) is 7.07. The lowest BCUT2D eigenvalue weighted by Gasteiger charge is -2.11. The Balaban J connectivity index is 1.60. The van der Waals surface area contributed by atoms with Crippen molar-refractivity contribution in [2.24, 2.45) is 0 Å². The molecule has 2 aromatic carbocycles. The lowest BCUT2D eigenvalue weighted by atomic mass is 10.1. The molecule has 2 heterocycles. The fourth-order valence-corrected chi connectivity index (χ4v) is 4.91. The normalized spacial score (nSPS) is 11.5. The highest BCUT2D eigenvalue weighted by Gasteiger charge is 2.24. The lowest BCUT2D eigenvalue weighted by Crippen LogP contribution is -2.14. The maximum absolute atomic E-state index is 13.0. The molecule has 4 aromatic rings. The minimum atomic E-state index is -3.99. The molecule has 0 radical (unpaired) electrons. The number of nitrogens with one attached hydrogen (secondary N) is 2. The second kappa shape index (κ2) is 10.2. The van der Waals surface area contributed by atoms with Crippen LogP contribution in [0.4, 0.5) is 5.82 Å². The van der Waals surface area contributed by atoms with E-state index in [1.165, 1.54) is 32.2 Å². The van der Waals surface area contributed by atoms with Crippen molar-refractivity contribution >= 4 is 38.8 Å². The number of ether oxygens (including phenoxy) is 2. The van der Waals surface area contributed by atoms with Crippen molar-refractivity contribution in [3.63, 3.8) is 0 Å². The highest BCUT2D eigenvalue weighted by atomic mass is 32.2. The fraction of sp³-hybridized carbons (Fsp3) is 0.182. The van der Waals surface area contributed by atoms with Crippen molar-refractivity contribution < 1.29 is 22.4 Å². The Morgan fingerprint density at radius 1 is 1.18 bits per heavy atom. The van der Waals surface area contributed by atoms with Gasteiger partial charge in [0.2, 0.25) is 0 Å². The summed E-state index contributed by atoms with van der Waals surface area (Å²) in [7, 11) is -1.08. The van der Waals surface area contributed by atoms with Crippen LogP contribution in [0.2, 0.25) is 0 Å². The number of nitrogens with zero attached hydrogens (tertiary/aromatic N) is 3. The number of hydrogen-bond acceptors (Lipinski definition) is 9. The summed E-state index contributed by atoms with van der Waals surface area (Å²) in [5, 5.41) is 10.6. The molecule has 2 N–H and O–H groups in total. The lowest BCUT2D eigenvalue weighted by molar-refractivity contribution is 0.403. The number of para-hydroxylation sites is 1. The average Bonchev–Trinajstić information content (AvgIpc) is 3.45. The van der Waals surface area contributed by atoms with E-state index in [-0.39, 0.29) is 16.5 Å². The van der Waals surface area contributed by atoms with Crippen molar-refractivity contribution in [3.8, 4) is 11.5 Å². The van der Waals surface area contributed by atoms with Gasteiger partial charge in [-0.25, -0.2) is 8.42 Å². The molecule has 0 atom stereocenters. The summed E-state index contributed by atoms with van der Waals surface area (Å²) in [5.41, 5.74) is 2.11. The van der Waals surface area contributed by atoms with Crippen LogP contribution >= 0.6 is 11.9 Å². The van der Waals surface area contributed by atoms with Gasteiger partial charge in [-0.1, -0.05) is 35.8 Å². The Hall–Kier alpha value is -3.48. The second-order valence-corrected chi connectivity index (χ2v) is 9.58. The van der Waals surface area contributed by atoms with Gasteiger partial charge in [0.05, 0.1) is 33.0 Å². The van der Waals surface area contributed by atoms with Crippen LogP contribution in [0.25, 0.3) is 11.0 Å². The molecule has 0 amide bonds. The summed E-state index contributed by atoms with van der Waals surface area (Å²) < 4.78 is 49.5. The van der Waals surface area contributed by atoms with E-state index < -0.39 is 10.0 Å². The zero-order chi connectivity index (χ0) is 24.1. The van der Waals surface area contributed by atoms with E-state index in [1.54, 1.807) is 40.4 Å². The molecule has 0 bridgehead atoms. The maximum Gasteiger partial charge on any atom is 0.266 e. The fourth-order valence-electron chi connectivity index (χ4n) is 3.38. The molecule has 0 aliphatic heterocycles. The van der Waals surface area contributed by atoms with E-state index in [0.717, 1.165) is 11.3 Å². The third-order valence-corrected chi connectivity index (χ3v) is 6.72. The summed E-state index contributed by atoms with van der Waals surface area (Å²) >= 11 is 1.40. The first-order valence-corrected chi connectivity index (χ1v) is 12.5. The SMILES string of the molecule is C=CSNCc1ccn(Cc2cc(OC)c3c(NS(=O)(=O)c4ccccc4OC)noc3c2)n1. The van der Waals surface area contributed by atoms with Crippen LogP contribution < -0.4 is 18.9 Å². The van der Waals surface area contributed by atoms with Crippen molar-refractivity contribution in [2.75, 3.05) is 18.9 Å². The van der Waals surface area contributed by atoms with Crippen LogP contribution in [-0.2, 0) is 23.1 Å². The molecule has 0 spiro atoms. The number of fused-ring (bicyclic) bond motifs is 1. The van der Waals surface area contributed by atoms with E-state index in [0.29, 0.717) is 29.8 Å². The zero-order valence-electron chi connectivity index (χ0n) is 18.5. The van der Waals surface area contributed by atoms with Crippen LogP contribution in [0.3, 0.4) is 0 Å². The third kappa shape index (κ3) is 5.03. The number of hydrogen-bond donors (Lipinski definition) is 2. The predicted octanol–water partition coefficient (Wildman–Crippen LogP) is 3.77. The van der Waals surface area contributed by atoms with Gasteiger partial charge in [0, 0.05) is 6.20 Å². The number of aromatic nitrogens is 3. The Kier molecular flexibility index (Phi) is 7.10. The van der Waals surface area contributed by atoms with Gasteiger partial charge >= 0.3 is 0 Å². The zero-order valence-corrected chi connectivity index (χ0v) is 20.1. The van der Waals surface area contributed by atoms with Crippen molar-refractivity contribution in [1.82, 2.24) is 19.7 Å². The summed E-state index contributed by atoms with van der Waals surface area (Å²) in [6, 6.07) is 11.8. The van der Waals surface area contributed by atoms with Crippen LogP contribution in [0.5, 0.6) is 11.5 Å². The first kappa shape index (κ1) is 23.7. The summed E-state index contributed by atoms with van der Waals surface area (Å²) in [6.07, 6.45) is 1.87. The van der Waals surface area contributed by atoms with E-state index in [9.17, 15) is 8.42 Å². The average molecular weight is 502 g/mol. The van der Waals surface area contributed by atoms with Gasteiger partial charge in [-0.2, -0.15) is 5.10 Å². The maximum atomic E-state index is 13.0. The largest absolute Gasteiger partial charge is 0.496 e. The number of rotatable bonds is 11. The van der Waals surface area contributed by atoms with Crippen molar-refractivity contribution in [1.29, 1.82) is 0 Å². The highest BCUT2D eigenvalue weighted by molar-refractivity contribution is 8.00. The van der Waals surface area contributed by atoms with E-state index in [2.05, 4.69) is 26.3 Å². The van der Waals surface area contributed by atoms with E-state index in [4.69, 9.17) is 14.0 Å². The van der Waals surface area contributed by atoms with Crippen LogP contribution in [0.15, 0.2) is 70.1 Å².